The van der Waals surface area contributed by atoms with Gasteiger partial charge in [-0.25, -0.2) is 22.2 Å². The number of rotatable bonds is 6. The van der Waals surface area contributed by atoms with Gasteiger partial charge in [0.25, 0.3) is 5.91 Å². The van der Waals surface area contributed by atoms with E-state index >= 15 is 4.39 Å². The lowest BCUT2D eigenvalue weighted by atomic mass is 9.97. The minimum atomic E-state index is -3.82. The summed E-state index contributed by atoms with van der Waals surface area (Å²) in [4.78, 5) is 21.6. The number of oxazole rings is 1. The summed E-state index contributed by atoms with van der Waals surface area (Å²) in [6, 6.07) is 14.2. The van der Waals surface area contributed by atoms with E-state index in [1.807, 2.05) is 0 Å². The first-order valence-electron chi connectivity index (χ1n) is 12.6. The van der Waals surface area contributed by atoms with Crippen LogP contribution in [0.5, 0.6) is 0 Å². The molecule has 9 nitrogen and oxygen atoms in total. The molecule has 0 saturated heterocycles. The number of carbonyl (C=O) groups is 1. The Labute approximate surface area is 238 Å². The zero-order valence-corrected chi connectivity index (χ0v) is 23.3. The summed E-state index contributed by atoms with van der Waals surface area (Å²) in [5.74, 6) is -1.27. The fourth-order valence-corrected chi connectivity index (χ4v) is 5.22. The quantitative estimate of drug-likeness (QED) is 0.253. The summed E-state index contributed by atoms with van der Waals surface area (Å²) in [6.45, 7) is 0. The fourth-order valence-electron chi connectivity index (χ4n) is 4.71. The summed E-state index contributed by atoms with van der Waals surface area (Å²) in [6.07, 6.45) is 4.12. The minimum absolute atomic E-state index is 0.0349. The molecule has 212 valence electrons. The highest BCUT2D eigenvalue weighted by atomic mass is 32.2. The molecular formula is C30H22F2N4O5S. The van der Waals surface area contributed by atoms with Gasteiger partial charge in [0.2, 0.25) is 15.9 Å². The molecule has 0 radical (unpaired) electrons. The number of furan rings is 1. The van der Waals surface area contributed by atoms with Crippen molar-refractivity contribution in [3.8, 4) is 33.9 Å². The van der Waals surface area contributed by atoms with Crippen LogP contribution in [-0.4, -0.2) is 44.6 Å². The number of nitrogens with zero attached hydrogens (tertiary/aromatic N) is 3. The molecule has 1 N–H and O–H groups in total. The number of halogens is 2. The van der Waals surface area contributed by atoms with Gasteiger partial charge in [-0.15, -0.1) is 0 Å². The first-order valence-corrected chi connectivity index (χ1v) is 14.4. The average molecular weight is 589 g/mol. The molecule has 6 rings (SSSR count). The smallest absolute Gasteiger partial charge is 0.255 e. The Balaban J connectivity index is 1.64. The summed E-state index contributed by atoms with van der Waals surface area (Å²) < 4.78 is 67.5. The molecule has 3 aromatic carbocycles. The molecule has 0 fully saturated rings. The summed E-state index contributed by atoms with van der Waals surface area (Å²) in [7, 11) is -1.04. The van der Waals surface area contributed by atoms with Gasteiger partial charge in [0.15, 0.2) is 5.58 Å². The molecule has 3 heterocycles. The van der Waals surface area contributed by atoms with Crippen LogP contribution in [0.25, 0.3) is 56.0 Å². The number of sulfonamides is 1. The second-order valence-electron chi connectivity index (χ2n) is 9.55. The number of aromatic nitrogens is 2. The Morgan fingerprint density at radius 1 is 0.929 bits per heavy atom. The van der Waals surface area contributed by atoms with Gasteiger partial charge in [0.05, 0.1) is 23.7 Å². The van der Waals surface area contributed by atoms with Gasteiger partial charge >= 0.3 is 0 Å². The van der Waals surface area contributed by atoms with E-state index in [0.717, 1.165) is 10.6 Å². The van der Waals surface area contributed by atoms with Crippen LogP contribution in [0.1, 0.15) is 10.4 Å². The van der Waals surface area contributed by atoms with Gasteiger partial charge in [0, 0.05) is 60.1 Å². The van der Waals surface area contributed by atoms with Gasteiger partial charge in [-0.3, -0.25) is 14.1 Å². The molecule has 0 spiro atoms. The number of pyridine rings is 1. The van der Waals surface area contributed by atoms with E-state index in [1.54, 1.807) is 12.3 Å². The highest BCUT2D eigenvalue weighted by Crippen LogP contribution is 2.42. The zero-order chi connectivity index (χ0) is 29.8. The third-order valence-corrected chi connectivity index (χ3v) is 8.09. The number of benzene rings is 3. The van der Waals surface area contributed by atoms with Crippen molar-refractivity contribution in [3.63, 3.8) is 0 Å². The molecule has 0 unspecified atom stereocenters. The number of anilines is 1. The Kier molecular flexibility index (Phi) is 6.49. The molecule has 0 bridgehead atoms. The molecule has 0 saturated carbocycles. The van der Waals surface area contributed by atoms with Crippen molar-refractivity contribution >= 4 is 43.7 Å². The highest BCUT2D eigenvalue weighted by molar-refractivity contribution is 7.92. The molecule has 1 amide bonds. The molecule has 3 aromatic heterocycles. The van der Waals surface area contributed by atoms with Crippen LogP contribution in [0.2, 0.25) is 0 Å². The molecule has 0 aliphatic carbocycles. The number of nitrogens with one attached hydrogen (secondary N) is 1. The van der Waals surface area contributed by atoms with Crippen LogP contribution in [0.4, 0.5) is 14.5 Å². The minimum Gasteiger partial charge on any atom is -0.455 e. The topological polar surface area (TPSA) is 119 Å². The van der Waals surface area contributed by atoms with Crippen LogP contribution < -0.4 is 9.62 Å². The van der Waals surface area contributed by atoms with Crippen molar-refractivity contribution in [3.05, 3.63) is 90.3 Å². The van der Waals surface area contributed by atoms with Crippen LogP contribution in [0.3, 0.4) is 0 Å². The van der Waals surface area contributed by atoms with E-state index in [4.69, 9.17) is 8.83 Å². The SMILES string of the molecule is CNC(=O)c1c(-c2ccc(F)cc2)oc2cc(N(C)S(C)(=O)=O)c(-c3cc(-c4nc5cnccc5o4)ccc3F)cc12. The fraction of sp³-hybridized carbons (Fsp3) is 0.100. The van der Waals surface area contributed by atoms with Crippen molar-refractivity contribution in [1.29, 1.82) is 0 Å². The molecule has 42 heavy (non-hydrogen) atoms. The summed E-state index contributed by atoms with van der Waals surface area (Å²) >= 11 is 0. The average Bonchev–Trinajstić information content (AvgIpc) is 3.57. The first kappa shape index (κ1) is 27.1. The molecular weight excluding hydrogens is 566 g/mol. The predicted molar refractivity (Wildman–Crippen MR) is 154 cm³/mol. The zero-order valence-electron chi connectivity index (χ0n) is 22.5. The lowest BCUT2D eigenvalue weighted by molar-refractivity contribution is 0.0964. The molecule has 12 heteroatoms. The third-order valence-electron chi connectivity index (χ3n) is 6.90. The Bertz CT molecular complexity index is 2090. The molecule has 6 aromatic rings. The molecule has 0 atom stereocenters. The second-order valence-corrected chi connectivity index (χ2v) is 11.6. The van der Waals surface area contributed by atoms with E-state index in [1.165, 1.54) is 74.9 Å². The van der Waals surface area contributed by atoms with Crippen molar-refractivity contribution in [2.75, 3.05) is 24.7 Å². The number of amides is 1. The maximum atomic E-state index is 15.6. The van der Waals surface area contributed by atoms with Crippen molar-refractivity contribution in [2.45, 2.75) is 0 Å². The van der Waals surface area contributed by atoms with Crippen LogP contribution in [0, 0.1) is 11.6 Å². The van der Waals surface area contributed by atoms with Gasteiger partial charge in [-0.05, 0) is 48.5 Å². The van der Waals surface area contributed by atoms with Crippen molar-refractivity contribution in [2.24, 2.45) is 0 Å². The van der Waals surface area contributed by atoms with Crippen LogP contribution >= 0.6 is 0 Å². The van der Waals surface area contributed by atoms with Crippen LogP contribution in [0.15, 0.2) is 81.9 Å². The largest absolute Gasteiger partial charge is 0.455 e. The second kappa shape index (κ2) is 10.1. The number of hydrogen-bond donors (Lipinski definition) is 1. The van der Waals surface area contributed by atoms with Crippen molar-refractivity contribution < 1.29 is 30.8 Å². The number of hydrogen-bond acceptors (Lipinski definition) is 7. The molecule has 0 aliphatic rings. The Morgan fingerprint density at radius 3 is 2.36 bits per heavy atom. The standard InChI is InChI=1S/C30H22F2N4O5S/c1-33-29(37)27-21-13-20(19-12-17(6-9-22(19)32)30-35-23-15-34-11-10-25(23)41-30)24(36(2)42(3,38)39)14-26(21)40-28(27)16-4-7-18(31)8-5-16/h4-15H,1-3H3,(H,33,37). The maximum absolute atomic E-state index is 15.6. The monoisotopic (exact) mass is 588 g/mol. The summed E-state index contributed by atoms with van der Waals surface area (Å²) in [5.41, 5.74) is 2.46. The number of carbonyl (C=O) groups excluding carboxylic acids is 1. The lowest BCUT2D eigenvalue weighted by Crippen LogP contribution is -2.25. The highest BCUT2D eigenvalue weighted by Gasteiger charge is 2.27. The Morgan fingerprint density at radius 2 is 1.67 bits per heavy atom. The maximum Gasteiger partial charge on any atom is 0.255 e. The van der Waals surface area contributed by atoms with Gasteiger partial charge in [-0.2, -0.15) is 0 Å². The predicted octanol–water partition coefficient (Wildman–Crippen LogP) is 6.00. The van der Waals surface area contributed by atoms with Crippen molar-refractivity contribution in [1.82, 2.24) is 15.3 Å². The Hall–Kier alpha value is -5.10. The third kappa shape index (κ3) is 4.65. The van der Waals surface area contributed by atoms with Gasteiger partial charge in [-0.1, -0.05) is 0 Å². The first-order chi connectivity index (χ1) is 20.0. The van der Waals surface area contributed by atoms with E-state index in [9.17, 15) is 17.6 Å². The van der Waals surface area contributed by atoms with Gasteiger partial charge < -0.3 is 14.2 Å². The molecule has 0 aliphatic heterocycles. The van der Waals surface area contributed by atoms with Crippen LogP contribution in [-0.2, 0) is 10.0 Å². The van der Waals surface area contributed by atoms with E-state index < -0.39 is 27.6 Å². The normalized spacial score (nSPS) is 11.7. The van der Waals surface area contributed by atoms with E-state index in [0.29, 0.717) is 27.6 Å². The lowest BCUT2D eigenvalue weighted by Gasteiger charge is -2.21. The van der Waals surface area contributed by atoms with E-state index in [-0.39, 0.29) is 39.6 Å². The van der Waals surface area contributed by atoms with E-state index in [2.05, 4.69) is 15.3 Å². The summed E-state index contributed by atoms with van der Waals surface area (Å²) in [5, 5.41) is 2.88. The van der Waals surface area contributed by atoms with Gasteiger partial charge in [0.1, 0.15) is 28.5 Å². The number of fused-ring (bicyclic) bond motifs is 2.